The van der Waals surface area contributed by atoms with Gasteiger partial charge in [0.2, 0.25) is 0 Å². The van der Waals surface area contributed by atoms with Crippen LogP contribution in [0.2, 0.25) is 0 Å². The number of carbonyl (C=O) groups is 2. The van der Waals surface area contributed by atoms with E-state index in [4.69, 9.17) is 4.74 Å². The molecule has 0 aliphatic rings. The molecule has 0 aliphatic heterocycles. The maximum absolute atomic E-state index is 11.8. The van der Waals surface area contributed by atoms with Gasteiger partial charge in [-0.05, 0) is 31.6 Å². The van der Waals surface area contributed by atoms with Crippen molar-refractivity contribution in [3.05, 3.63) is 48.1 Å². The standard InChI is InChI=1S/C19H24O3/c1-3-5-6-7-12-17(20)15-14-16-11-8-9-13-18(16)22-19(21)10-4-2/h4,8-11,13-15H,3,5-7,12H2,1-2H3/b10-4-,15-14-. The molecule has 0 saturated heterocycles. The van der Waals surface area contributed by atoms with Crippen molar-refractivity contribution in [3.63, 3.8) is 0 Å². The summed E-state index contributed by atoms with van der Waals surface area (Å²) >= 11 is 0. The summed E-state index contributed by atoms with van der Waals surface area (Å²) in [6.45, 7) is 3.90. The first kappa shape index (κ1) is 17.9. The molecule has 0 spiro atoms. The van der Waals surface area contributed by atoms with Crippen LogP contribution in [-0.2, 0) is 9.59 Å². The molecule has 0 bridgehead atoms. The first-order valence-corrected chi connectivity index (χ1v) is 7.81. The van der Waals surface area contributed by atoms with Gasteiger partial charge in [-0.1, -0.05) is 50.5 Å². The van der Waals surface area contributed by atoms with Crippen LogP contribution >= 0.6 is 0 Å². The van der Waals surface area contributed by atoms with E-state index in [0.29, 0.717) is 12.2 Å². The molecule has 0 unspecified atom stereocenters. The van der Waals surface area contributed by atoms with Crippen LogP contribution < -0.4 is 4.74 Å². The quantitative estimate of drug-likeness (QED) is 0.287. The lowest BCUT2D eigenvalue weighted by atomic mass is 10.1. The number of ether oxygens (including phenoxy) is 1. The summed E-state index contributed by atoms with van der Waals surface area (Å²) in [5.41, 5.74) is 0.724. The van der Waals surface area contributed by atoms with Gasteiger partial charge in [0.15, 0.2) is 5.78 Å². The fourth-order valence-electron chi connectivity index (χ4n) is 1.98. The van der Waals surface area contributed by atoms with Crippen LogP contribution in [0.25, 0.3) is 6.08 Å². The lowest BCUT2D eigenvalue weighted by molar-refractivity contribution is -0.129. The van der Waals surface area contributed by atoms with Crippen molar-refractivity contribution in [1.82, 2.24) is 0 Å². The second-order valence-electron chi connectivity index (χ2n) is 5.07. The first-order valence-electron chi connectivity index (χ1n) is 7.81. The highest BCUT2D eigenvalue weighted by Crippen LogP contribution is 2.20. The molecule has 1 rings (SSSR count). The van der Waals surface area contributed by atoms with Gasteiger partial charge in [0.05, 0.1) is 0 Å². The monoisotopic (exact) mass is 300 g/mol. The Labute approximate surface area is 132 Å². The Bertz CT molecular complexity index is 541. The van der Waals surface area contributed by atoms with Crippen molar-refractivity contribution in [3.8, 4) is 5.75 Å². The summed E-state index contributed by atoms with van der Waals surface area (Å²) in [6, 6.07) is 7.17. The van der Waals surface area contributed by atoms with Crippen molar-refractivity contribution < 1.29 is 14.3 Å². The van der Waals surface area contributed by atoms with Gasteiger partial charge >= 0.3 is 5.97 Å². The van der Waals surface area contributed by atoms with E-state index in [1.54, 1.807) is 37.3 Å². The number of ketones is 1. The largest absolute Gasteiger partial charge is 0.423 e. The molecule has 0 aliphatic carbocycles. The van der Waals surface area contributed by atoms with Gasteiger partial charge in [-0.3, -0.25) is 4.79 Å². The predicted octanol–water partition coefficient (Wildman–Crippen LogP) is 4.72. The third-order valence-corrected chi connectivity index (χ3v) is 3.16. The van der Waals surface area contributed by atoms with E-state index >= 15 is 0 Å². The molecule has 0 radical (unpaired) electrons. The average molecular weight is 300 g/mol. The maximum atomic E-state index is 11.8. The van der Waals surface area contributed by atoms with Crippen LogP contribution in [0.3, 0.4) is 0 Å². The molecule has 22 heavy (non-hydrogen) atoms. The van der Waals surface area contributed by atoms with E-state index in [0.717, 1.165) is 24.8 Å². The van der Waals surface area contributed by atoms with E-state index in [1.807, 2.05) is 12.1 Å². The summed E-state index contributed by atoms with van der Waals surface area (Å²) in [4.78, 5) is 23.3. The summed E-state index contributed by atoms with van der Waals surface area (Å²) in [6.07, 6.45) is 11.2. The Morgan fingerprint density at radius 1 is 1.09 bits per heavy atom. The summed E-state index contributed by atoms with van der Waals surface area (Å²) in [5.74, 6) is 0.139. The molecule has 0 saturated carbocycles. The van der Waals surface area contributed by atoms with E-state index in [-0.39, 0.29) is 5.78 Å². The molecule has 118 valence electrons. The molecule has 3 heteroatoms. The molecule has 3 nitrogen and oxygen atoms in total. The van der Waals surface area contributed by atoms with Crippen LogP contribution in [0.5, 0.6) is 5.75 Å². The van der Waals surface area contributed by atoms with Gasteiger partial charge in [-0.15, -0.1) is 0 Å². The lowest BCUT2D eigenvalue weighted by Gasteiger charge is -2.05. The van der Waals surface area contributed by atoms with Crippen LogP contribution in [0, 0.1) is 0 Å². The number of carbonyl (C=O) groups excluding carboxylic acids is 2. The minimum absolute atomic E-state index is 0.102. The Hall–Kier alpha value is -2.16. The van der Waals surface area contributed by atoms with Crippen molar-refractivity contribution >= 4 is 17.8 Å². The third kappa shape index (κ3) is 7.02. The van der Waals surface area contributed by atoms with E-state index in [9.17, 15) is 9.59 Å². The smallest absolute Gasteiger partial charge is 0.335 e. The third-order valence-electron chi connectivity index (χ3n) is 3.16. The average Bonchev–Trinajstić information content (AvgIpc) is 2.51. The topological polar surface area (TPSA) is 43.4 Å². The molecule has 0 heterocycles. The normalized spacial score (nSPS) is 11.2. The highest BCUT2D eigenvalue weighted by molar-refractivity contribution is 5.94. The minimum atomic E-state index is -0.422. The highest BCUT2D eigenvalue weighted by atomic mass is 16.5. The lowest BCUT2D eigenvalue weighted by Crippen LogP contribution is -2.04. The van der Waals surface area contributed by atoms with Gasteiger partial charge in [-0.2, -0.15) is 0 Å². The zero-order valence-electron chi connectivity index (χ0n) is 13.4. The minimum Gasteiger partial charge on any atom is -0.423 e. The van der Waals surface area contributed by atoms with Crippen LogP contribution in [0.15, 0.2) is 42.5 Å². The van der Waals surface area contributed by atoms with Crippen LogP contribution in [0.4, 0.5) is 0 Å². The SMILES string of the molecule is C/C=C\C(=O)Oc1ccccc1/C=C\C(=O)CCCCCC. The molecular weight excluding hydrogens is 276 g/mol. The van der Waals surface area contributed by atoms with E-state index < -0.39 is 5.97 Å². The fourth-order valence-corrected chi connectivity index (χ4v) is 1.98. The fraction of sp³-hybridized carbons (Fsp3) is 0.368. The van der Waals surface area contributed by atoms with E-state index in [2.05, 4.69) is 6.92 Å². The number of rotatable bonds is 9. The van der Waals surface area contributed by atoms with Crippen molar-refractivity contribution in [2.45, 2.75) is 46.0 Å². The molecule has 0 amide bonds. The molecule has 0 atom stereocenters. The van der Waals surface area contributed by atoms with E-state index in [1.165, 1.54) is 12.5 Å². The number of benzene rings is 1. The summed E-state index contributed by atoms with van der Waals surface area (Å²) < 4.78 is 5.24. The number of hydrogen-bond donors (Lipinski definition) is 0. The van der Waals surface area contributed by atoms with Gasteiger partial charge < -0.3 is 4.74 Å². The molecular formula is C19H24O3. The Kier molecular flexibility index (Phi) is 8.58. The van der Waals surface area contributed by atoms with Gasteiger partial charge in [0, 0.05) is 18.1 Å². The zero-order chi connectivity index (χ0) is 16.2. The second kappa shape index (κ2) is 10.6. The molecule has 1 aromatic rings. The highest BCUT2D eigenvalue weighted by Gasteiger charge is 2.05. The van der Waals surface area contributed by atoms with Crippen molar-refractivity contribution in [1.29, 1.82) is 0 Å². The molecule has 1 aromatic carbocycles. The summed E-state index contributed by atoms with van der Waals surface area (Å²) in [5, 5.41) is 0. The van der Waals surface area contributed by atoms with Gasteiger partial charge in [0.25, 0.3) is 0 Å². The van der Waals surface area contributed by atoms with Crippen LogP contribution in [-0.4, -0.2) is 11.8 Å². The maximum Gasteiger partial charge on any atom is 0.335 e. The second-order valence-corrected chi connectivity index (χ2v) is 5.07. The first-order chi connectivity index (χ1) is 10.7. The number of hydrogen-bond acceptors (Lipinski definition) is 3. The Morgan fingerprint density at radius 3 is 2.59 bits per heavy atom. The molecule has 0 fully saturated rings. The predicted molar refractivity (Wildman–Crippen MR) is 89.7 cm³/mol. The number of unbranched alkanes of at least 4 members (excludes halogenated alkanes) is 3. The molecule has 0 aromatic heterocycles. The molecule has 0 N–H and O–H groups in total. The summed E-state index contributed by atoms with van der Waals surface area (Å²) in [7, 11) is 0. The number of esters is 1. The van der Waals surface area contributed by atoms with Crippen LogP contribution in [0.1, 0.15) is 51.5 Å². The zero-order valence-corrected chi connectivity index (χ0v) is 13.4. The van der Waals surface area contributed by atoms with Crippen molar-refractivity contribution in [2.75, 3.05) is 0 Å². The van der Waals surface area contributed by atoms with Gasteiger partial charge in [-0.25, -0.2) is 4.79 Å². The Balaban J connectivity index is 2.62. The number of para-hydroxylation sites is 1. The number of allylic oxidation sites excluding steroid dienone is 2. The van der Waals surface area contributed by atoms with Crippen molar-refractivity contribution in [2.24, 2.45) is 0 Å². The Morgan fingerprint density at radius 2 is 1.86 bits per heavy atom. The van der Waals surface area contributed by atoms with Gasteiger partial charge in [0.1, 0.15) is 5.75 Å².